The van der Waals surface area contributed by atoms with Crippen molar-refractivity contribution in [2.75, 3.05) is 18.9 Å². The van der Waals surface area contributed by atoms with Gasteiger partial charge in [0.05, 0.1) is 31.7 Å². The number of nitrogens with one attached hydrogen (secondary N) is 1. The summed E-state index contributed by atoms with van der Waals surface area (Å²) in [5.74, 6) is -0.436. The summed E-state index contributed by atoms with van der Waals surface area (Å²) >= 11 is 6.12. The van der Waals surface area contributed by atoms with Gasteiger partial charge in [-0.25, -0.2) is 9.55 Å². The molecule has 17 heteroatoms. The van der Waals surface area contributed by atoms with Gasteiger partial charge in [0.25, 0.3) is 0 Å². The molecule has 0 saturated carbocycles. The van der Waals surface area contributed by atoms with Crippen LogP contribution in [0, 0.1) is 0 Å². The molecule has 1 fully saturated rings. The van der Waals surface area contributed by atoms with Crippen molar-refractivity contribution in [1.29, 1.82) is 0 Å². The molecule has 5 atom stereocenters. The predicted molar refractivity (Wildman–Crippen MR) is 136 cm³/mol. The van der Waals surface area contributed by atoms with E-state index in [-0.39, 0.29) is 36.5 Å². The number of rotatable bonds is 11. The van der Waals surface area contributed by atoms with E-state index in [1.807, 2.05) is 0 Å². The lowest BCUT2D eigenvalue weighted by Crippen LogP contribution is -2.36. The van der Waals surface area contributed by atoms with Crippen molar-refractivity contribution in [2.24, 2.45) is 5.11 Å². The molecule has 4 rings (SSSR count). The number of nitrogen functional groups attached to an aromatic ring is 1. The summed E-state index contributed by atoms with van der Waals surface area (Å²) in [6, 6.07) is 6.59. The molecule has 202 valence electrons. The summed E-state index contributed by atoms with van der Waals surface area (Å²) in [4.78, 5) is 27.3. The van der Waals surface area contributed by atoms with Crippen molar-refractivity contribution < 1.29 is 27.9 Å². The average Bonchev–Trinajstić information content (AvgIpc) is 3.48. The summed E-state index contributed by atoms with van der Waals surface area (Å²) in [6.07, 6.45) is 0.157. The van der Waals surface area contributed by atoms with E-state index in [1.54, 1.807) is 41.8 Å². The van der Waals surface area contributed by atoms with Crippen LogP contribution in [0.4, 0.5) is 5.95 Å². The first kappa shape index (κ1) is 27.6. The van der Waals surface area contributed by atoms with E-state index in [0.29, 0.717) is 11.2 Å². The Bertz CT molecular complexity index is 1390. The second kappa shape index (κ2) is 11.9. The Morgan fingerprint density at radius 2 is 2.18 bits per heavy atom. The van der Waals surface area contributed by atoms with E-state index in [1.165, 1.54) is 13.3 Å². The van der Waals surface area contributed by atoms with Crippen LogP contribution in [0.2, 0.25) is 5.15 Å². The van der Waals surface area contributed by atoms with Gasteiger partial charge in [0.2, 0.25) is 5.95 Å². The van der Waals surface area contributed by atoms with E-state index >= 15 is 0 Å². The summed E-state index contributed by atoms with van der Waals surface area (Å²) in [5.41, 5.74) is 15.5. The second-order valence-electron chi connectivity index (χ2n) is 8.13. The number of para-hydroxylation sites is 1. The molecular weight excluding hydrogens is 541 g/mol. The second-order valence-corrected chi connectivity index (χ2v) is 10.2. The topological polar surface area (TPSA) is 201 Å². The molecule has 1 aliphatic heterocycles. The first-order chi connectivity index (χ1) is 18.2. The summed E-state index contributed by atoms with van der Waals surface area (Å²) in [6.45, 7) is 2.96. The highest BCUT2D eigenvalue weighted by Gasteiger charge is 2.40. The minimum atomic E-state index is -4.14. The largest absolute Gasteiger partial charge is 0.465 e. The van der Waals surface area contributed by atoms with Gasteiger partial charge in [-0.1, -0.05) is 34.9 Å². The Balaban J connectivity index is 1.54. The molecule has 0 spiro atoms. The average molecular weight is 566 g/mol. The number of hydrogen-bond acceptors (Lipinski definition) is 11. The van der Waals surface area contributed by atoms with Crippen LogP contribution in [0.15, 0.2) is 41.8 Å². The van der Waals surface area contributed by atoms with Crippen molar-refractivity contribution in [3.05, 3.63) is 52.3 Å². The van der Waals surface area contributed by atoms with Crippen LogP contribution in [0.1, 0.15) is 26.5 Å². The van der Waals surface area contributed by atoms with Crippen molar-refractivity contribution >= 4 is 42.4 Å². The zero-order chi connectivity index (χ0) is 27.3. The number of aromatic nitrogens is 4. The predicted octanol–water partition coefficient (Wildman–Crippen LogP) is 3.77. The smallest absolute Gasteiger partial charge is 0.459 e. The van der Waals surface area contributed by atoms with E-state index in [2.05, 4.69) is 30.1 Å². The Kier molecular flexibility index (Phi) is 8.67. The highest BCUT2D eigenvalue weighted by Crippen LogP contribution is 2.46. The third kappa shape index (κ3) is 6.33. The molecule has 1 aliphatic rings. The van der Waals surface area contributed by atoms with Gasteiger partial charge in [-0.3, -0.25) is 13.9 Å². The van der Waals surface area contributed by atoms with Gasteiger partial charge < -0.3 is 19.7 Å². The van der Waals surface area contributed by atoms with Gasteiger partial charge >= 0.3 is 13.7 Å². The number of carbonyl (C=O) groups excluding carboxylic acids is 1. The SMILES string of the molecule is CCOC(=O)[C@H](C)NP(=O)(OC[C@H]1O[C@@H](n2cnc3c(Cl)nc(N)nc32)C[C@@H]1N=[N+]=[N-])Oc1ccccc1. The Labute approximate surface area is 221 Å². The Morgan fingerprint density at radius 3 is 2.89 bits per heavy atom. The number of benzene rings is 1. The fraction of sp³-hybridized carbons (Fsp3) is 0.429. The van der Waals surface area contributed by atoms with Crippen LogP contribution in [0.3, 0.4) is 0 Å². The number of nitrogens with two attached hydrogens (primary N) is 1. The van der Waals surface area contributed by atoms with Crippen molar-refractivity contribution in [1.82, 2.24) is 24.6 Å². The summed E-state index contributed by atoms with van der Waals surface area (Å²) in [7, 11) is -4.14. The van der Waals surface area contributed by atoms with Gasteiger partial charge in [-0.2, -0.15) is 15.1 Å². The van der Waals surface area contributed by atoms with E-state index in [0.717, 1.165) is 0 Å². The van der Waals surface area contributed by atoms with E-state index in [9.17, 15) is 9.36 Å². The number of esters is 1. The van der Waals surface area contributed by atoms with Crippen LogP contribution in [-0.4, -0.2) is 56.9 Å². The molecule has 38 heavy (non-hydrogen) atoms. The molecule has 1 aromatic carbocycles. The zero-order valence-corrected chi connectivity index (χ0v) is 22.0. The molecule has 2 aromatic heterocycles. The minimum Gasteiger partial charge on any atom is -0.465 e. The molecule has 3 N–H and O–H groups in total. The van der Waals surface area contributed by atoms with Crippen LogP contribution in [0.5, 0.6) is 5.75 Å². The number of carbonyl (C=O) groups is 1. The van der Waals surface area contributed by atoms with Crippen molar-refractivity contribution in [3.8, 4) is 5.75 Å². The first-order valence-electron chi connectivity index (χ1n) is 11.5. The van der Waals surface area contributed by atoms with Crippen molar-refractivity contribution in [3.63, 3.8) is 0 Å². The van der Waals surface area contributed by atoms with Crippen LogP contribution in [0.25, 0.3) is 21.6 Å². The molecule has 0 bridgehead atoms. The molecule has 3 aromatic rings. The molecular formula is C21H25ClN9O6P. The molecule has 3 heterocycles. The van der Waals surface area contributed by atoms with Crippen LogP contribution >= 0.6 is 19.3 Å². The number of nitrogens with zero attached hydrogens (tertiary/aromatic N) is 7. The van der Waals surface area contributed by atoms with Crippen LogP contribution in [-0.2, 0) is 23.4 Å². The van der Waals surface area contributed by atoms with Gasteiger partial charge in [0.1, 0.15) is 23.5 Å². The number of hydrogen-bond donors (Lipinski definition) is 2. The number of anilines is 1. The van der Waals surface area contributed by atoms with E-state index < -0.39 is 38.1 Å². The van der Waals surface area contributed by atoms with Crippen LogP contribution < -0.4 is 15.3 Å². The van der Waals surface area contributed by atoms with Gasteiger partial charge in [-0.05, 0) is 31.5 Å². The van der Waals surface area contributed by atoms with Crippen molar-refractivity contribution in [2.45, 2.75) is 44.7 Å². The highest BCUT2D eigenvalue weighted by atomic mass is 35.5. The zero-order valence-electron chi connectivity index (χ0n) is 20.4. The number of imidazole rings is 1. The molecule has 0 amide bonds. The highest BCUT2D eigenvalue weighted by molar-refractivity contribution is 7.52. The fourth-order valence-electron chi connectivity index (χ4n) is 3.77. The number of fused-ring (bicyclic) bond motifs is 1. The maximum Gasteiger partial charge on any atom is 0.459 e. The first-order valence-corrected chi connectivity index (χ1v) is 13.4. The van der Waals surface area contributed by atoms with Gasteiger partial charge in [0.15, 0.2) is 10.8 Å². The molecule has 0 aliphatic carbocycles. The number of halogens is 1. The Hall–Kier alpha value is -3.45. The van der Waals surface area contributed by atoms with Gasteiger partial charge in [-0.15, -0.1) is 0 Å². The lowest BCUT2D eigenvalue weighted by Gasteiger charge is -2.24. The molecule has 1 saturated heterocycles. The monoisotopic (exact) mass is 565 g/mol. The summed E-state index contributed by atoms with van der Waals surface area (Å²) < 4.78 is 37.7. The normalized spacial score (nSPS) is 21.4. The molecule has 0 radical (unpaired) electrons. The van der Waals surface area contributed by atoms with Gasteiger partial charge in [0, 0.05) is 11.3 Å². The minimum absolute atomic E-state index is 0.0467. The van der Waals surface area contributed by atoms with E-state index in [4.69, 9.17) is 41.4 Å². The molecule has 15 nitrogen and oxygen atoms in total. The number of azide groups is 1. The maximum atomic E-state index is 13.7. The third-order valence-electron chi connectivity index (χ3n) is 5.48. The standard InChI is InChI=1S/C21H25ClN9O6P/c1-3-34-20(32)12(2)29-38(33,37-13-7-5-4-6-8-13)35-10-15-14(28-30-24)9-16(36-15)31-11-25-17-18(22)26-21(23)27-19(17)31/h4-8,11-12,14-16H,3,9-10H2,1-2H3,(H,29,33)(H2,23,26,27)/t12-,14-,15+,16+,38?/m0/s1. The maximum absolute atomic E-state index is 13.7. The molecule has 1 unspecified atom stereocenters. The summed E-state index contributed by atoms with van der Waals surface area (Å²) in [5, 5.41) is 6.48. The number of ether oxygens (including phenoxy) is 2. The fourth-order valence-corrected chi connectivity index (χ4v) is 5.49. The Morgan fingerprint density at radius 1 is 1.42 bits per heavy atom. The quantitative estimate of drug-likeness (QED) is 0.0855. The lowest BCUT2D eigenvalue weighted by molar-refractivity contribution is -0.144. The third-order valence-corrected chi connectivity index (χ3v) is 7.39. The lowest BCUT2D eigenvalue weighted by atomic mass is 10.1.